The van der Waals surface area contributed by atoms with E-state index in [1.54, 1.807) is 9.47 Å². The van der Waals surface area contributed by atoms with Crippen LogP contribution >= 0.6 is 11.8 Å². The highest BCUT2D eigenvalue weighted by Crippen LogP contribution is 2.18. The number of aromatic amines is 1. The lowest BCUT2D eigenvalue weighted by Gasteiger charge is -2.20. The second kappa shape index (κ2) is 9.05. The number of carbonyl (C=O) groups is 1. The van der Waals surface area contributed by atoms with Crippen LogP contribution in [0.5, 0.6) is 0 Å². The molecule has 1 amide bonds. The zero-order valence-corrected chi connectivity index (χ0v) is 15.7. The molecule has 1 aromatic heterocycles. The van der Waals surface area contributed by atoms with Crippen molar-refractivity contribution in [3.63, 3.8) is 0 Å². The van der Waals surface area contributed by atoms with Gasteiger partial charge in [-0.25, -0.2) is 9.89 Å². The maximum Gasteiger partial charge on any atom is 0.344 e. The van der Waals surface area contributed by atoms with Gasteiger partial charge in [0.2, 0.25) is 5.91 Å². The van der Waals surface area contributed by atoms with Gasteiger partial charge in [-0.3, -0.25) is 9.36 Å². The Labute approximate surface area is 156 Å². The summed E-state index contributed by atoms with van der Waals surface area (Å²) in [7, 11) is 0. The Kier molecular flexibility index (Phi) is 6.51. The number of nitrogens with one attached hydrogen (secondary N) is 1. The van der Waals surface area contributed by atoms with Crippen LogP contribution in [-0.2, 0) is 22.6 Å². The van der Waals surface area contributed by atoms with Gasteiger partial charge in [-0.05, 0) is 25.3 Å². The van der Waals surface area contributed by atoms with E-state index in [0.29, 0.717) is 24.8 Å². The standard InChI is InChI=1S/C18H24N4O3S/c1-2-21(11-14-7-4-3-5-8-14)16(23)13-26-18-20-19-17(24)22(18)12-15-9-6-10-25-15/h3-5,7-8,15H,2,6,9-13H2,1H3,(H,19,24). The molecule has 2 heterocycles. The lowest BCUT2D eigenvalue weighted by Crippen LogP contribution is -2.32. The van der Waals surface area contributed by atoms with Crippen molar-refractivity contribution in [2.75, 3.05) is 18.9 Å². The number of carbonyl (C=O) groups excluding carboxylic acids is 1. The van der Waals surface area contributed by atoms with Crippen molar-refractivity contribution in [1.29, 1.82) is 0 Å². The highest BCUT2D eigenvalue weighted by Gasteiger charge is 2.21. The monoisotopic (exact) mass is 376 g/mol. The van der Waals surface area contributed by atoms with Gasteiger partial charge in [-0.15, -0.1) is 5.10 Å². The molecule has 1 atom stereocenters. The van der Waals surface area contributed by atoms with Gasteiger partial charge in [0.05, 0.1) is 18.4 Å². The Morgan fingerprint density at radius 3 is 2.92 bits per heavy atom. The summed E-state index contributed by atoms with van der Waals surface area (Å²) < 4.78 is 7.17. The number of amides is 1. The molecule has 0 saturated carbocycles. The van der Waals surface area contributed by atoms with E-state index in [9.17, 15) is 9.59 Å². The minimum absolute atomic E-state index is 0.0282. The minimum Gasteiger partial charge on any atom is -0.376 e. The van der Waals surface area contributed by atoms with Crippen molar-refractivity contribution in [1.82, 2.24) is 19.7 Å². The highest BCUT2D eigenvalue weighted by molar-refractivity contribution is 7.99. The molecule has 26 heavy (non-hydrogen) atoms. The van der Waals surface area contributed by atoms with Gasteiger partial charge in [0, 0.05) is 19.7 Å². The van der Waals surface area contributed by atoms with Crippen LogP contribution in [0, 0.1) is 0 Å². The number of rotatable bonds is 8. The Morgan fingerprint density at radius 1 is 1.42 bits per heavy atom. The second-order valence-electron chi connectivity index (χ2n) is 6.24. The Morgan fingerprint density at radius 2 is 2.23 bits per heavy atom. The summed E-state index contributed by atoms with van der Waals surface area (Å²) >= 11 is 1.29. The molecule has 0 spiro atoms. The fraction of sp³-hybridized carbons (Fsp3) is 0.500. The predicted octanol–water partition coefficient (Wildman–Crippen LogP) is 1.89. The van der Waals surface area contributed by atoms with Crippen molar-refractivity contribution in [2.45, 2.75) is 44.1 Å². The SMILES string of the molecule is CCN(Cc1ccccc1)C(=O)CSc1n[nH]c(=O)n1CC1CCCO1. The molecule has 0 bridgehead atoms. The topological polar surface area (TPSA) is 80.2 Å². The van der Waals surface area contributed by atoms with Gasteiger partial charge >= 0.3 is 5.69 Å². The number of H-pyrrole nitrogens is 1. The molecule has 1 unspecified atom stereocenters. The third-order valence-electron chi connectivity index (χ3n) is 4.41. The van der Waals surface area contributed by atoms with E-state index >= 15 is 0 Å². The van der Waals surface area contributed by atoms with Crippen molar-refractivity contribution < 1.29 is 9.53 Å². The molecule has 1 fully saturated rings. The van der Waals surface area contributed by atoms with Crippen molar-refractivity contribution >= 4 is 17.7 Å². The molecule has 1 aliphatic rings. The second-order valence-corrected chi connectivity index (χ2v) is 7.18. The number of benzene rings is 1. The molecular formula is C18H24N4O3S. The van der Waals surface area contributed by atoms with E-state index in [4.69, 9.17) is 4.74 Å². The van der Waals surface area contributed by atoms with Crippen LogP contribution in [0.15, 0.2) is 40.3 Å². The summed E-state index contributed by atoms with van der Waals surface area (Å²) in [5, 5.41) is 7.07. The lowest BCUT2D eigenvalue weighted by molar-refractivity contribution is -0.128. The zero-order valence-electron chi connectivity index (χ0n) is 14.9. The van der Waals surface area contributed by atoms with Crippen LogP contribution in [-0.4, -0.2) is 50.6 Å². The number of aromatic nitrogens is 3. The first-order valence-electron chi connectivity index (χ1n) is 8.88. The van der Waals surface area contributed by atoms with Gasteiger partial charge in [0.25, 0.3) is 0 Å². The van der Waals surface area contributed by atoms with E-state index < -0.39 is 0 Å². The molecule has 140 valence electrons. The fourth-order valence-corrected chi connectivity index (χ4v) is 3.82. The summed E-state index contributed by atoms with van der Waals surface area (Å²) in [6, 6.07) is 9.92. The smallest absolute Gasteiger partial charge is 0.344 e. The van der Waals surface area contributed by atoms with Crippen molar-refractivity contribution in [3.05, 3.63) is 46.4 Å². The first-order valence-corrected chi connectivity index (χ1v) is 9.87. The molecule has 2 aromatic rings. The average Bonchev–Trinajstić information content (AvgIpc) is 3.30. The van der Waals surface area contributed by atoms with E-state index in [1.165, 1.54) is 11.8 Å². The average molecular weight is 376 g/mol. The third-order valence-corrected chi connectivity index (χ3v) is 5.37. The van der Waals surface area contributed by atoms with E-state index in [2.05, 4.69) is 10.2 Å². The molecule has 1 saturated heterocycles. The Bertz CT molecular complexity index is 768. The van der Waals surface area contributed by atoms with Gasteiger partial charge in [0.15, 0.2) is 5.16 Å². The molecule has 1 aliphatic heterocycles. The first kappa shape index (κ1) is 18.7. The number of hydrogen-bond donors (Lipinski definition) is 1. The summed E-state index contributed by atoms with van der Waals surface area (Å²) in [6.45, 7) is 4.40. The van der Waals surface area contributed by atoms with Crippen LogP contribution in [0.2, 0.25) is 0 Å². The van der Waals surface area contributed by atoms with Gasteiger partial charge in [0.1, 0.15) is 0 Å². The Hall–Kier alpha value is -2.06. The molecule has 1 N–H and O–H groups in total. The number of nitrogens with zero attached hydrogens (tertiary/aromatic N) is 3. The fourth-order valence-electron chi connectivity index (χ4n) is 2.96. The van der Waals surface area contributed by atoms with Gasteiger partial charge in [-0.1, -0.05) is 42.1 Å². The number of ether oxygens (including phenoxy) is 1. The van der Waals surface area contributed by atoms with Gasteiger partial charge < -0.3 is 9.64 Å². The molecule has 3 rings (SSSR count). The van der Waals surface area contributed by atoms with Crippen LogP contribution in [0.3, 0.4) is 0 Å². The van der Waals surface area contributed by atoms with E-state index in [0.717, 1.165) is 25.0 Å². The summed E-state index contributed by atoms with van der Waals surface area (Å²) in [6.07, 6.45) is 2.01. The number of hydrogen-bond acceptors (Lipinski definition) is 5. The molecule has 8 heteroatoms. The zero-order chi connectivity index (χ0) is 18.4. The Balaban J connectivity index is 1.59. The quantitative estimate of drug-likeness (QED) is 0.712. The molecule has 7 nitrogen and oxygen atoms in total. The first-order chi connectivity index (χ1) is 12.7. The van der Waals surface area contributed by atoms with Crippen LogP contribution in [0.4, 0.5) is 0 Å². The summed E-state index contributed by atoms with van der Waals surface area (Å²) in [4.78, 5) is 26.4. The van der Waals surface area contributed by atoms with Crippen LogP contribution in [0.25, 0.3) is 0 Å². The lowest BCUT2D eigenvalue weighted by atomic mass is 10.2. The minimum atomic E-state index is -0.257. The molecule has 0 radical (unpaired) electrons. The normalized spacial score (nSPS) is 16.7. The molecule has 0 aliphatic carbocycles. The maximum absolute atomic E-state index is 12.6. The van der Waals surface area contributed by atoms with Crippen LogP contribution in [0.1, 0.15) is 25.3 Å². The van der Waals surface area contributed by atoms with E-state index in [1.807, 2.05) is 37.3 Å². The van der Waals surface area contributed by atoms with Gasteiger partial charge in [-0.2, -0.15) is 0 Å². The largest absolute Gasteiger partial charge is 0.376 e. The third kappa shape index (κ3) is 4.76. The summed E-state index contributed by atoms with van der Waals surface area (Å²) in [5.74, 6) is 0.275. The van der Waals surface area contributed by atoms with Crippen molar-refractivity contribution in [2.24, 2.45) is 0 Å². The molecule has 1 aromatic carbocycles. The van der Waals surface area contributed by atoms with E-state index in [-0.39, 0.29) is 23.5 Å². The van der Waals surface area contributed by atoms with Crippen molar-refractivity contribution in [3.8, 4) is 0 Å². The predicted molar refractivity (Wildman–Crippen MR) is 100 cm³/mol. The highest BCUT2D eigenvalue weighted by atomic mass is 32.2. The summed E-state index contributed by atoms with van der Waals surface area (Å²) in [5.41, 5.74) is 0.842. The maximum atomic E-state index is 12.6. The number of thioether (sulfide) groups is 1. The molecular weight excluding hydrogens is 352 g/mol. The van der Waals surface area contributed by atoms with Crippen LogP contribution < -0.4 is 5.69 Å².